The molecule has 158 valence electrons. The van der Waals surface area contributed by atoms with E-state index in [0.717, 1.165) is 36.3 Å². The summed E-state index contributed by atoms with van der Waals surface area (Å²) in [5.74, 6) is 0.272. The Morgan fingerprint density at radius 1 is 1.36 bits per heavy atom. The number of nitrogens with one attached hydrogen (secondary N) is 1. The van der Waals surface area contributed by atoms with Gasteiger partial charge in [-0.2, -0.15) is 4.31 Å². The van der Waals surface area contributed by atoms with E-state index < -0.39 is 14.9 Å². The summed E-state index contributed by atoms with van der Waals surface area (Å²) >= 11 is 0. The molecular weight excluding hydrogens is 408 g/mol. The van der Waals surface area contributed by atoms with Crippen LogP contribution in [0.4, 0.5) is 5.69 Å². The first-order valence-corrected chi connectivity index (χ1v) is 10.4. The minimum Gasteiger partial charge on any atom is -0.342 e. The zero-order valence-electron chi connectivity index (χ0n) is 16.0. The van der Waals surface area contributed by atoms with Gasteiger partial charge in [0.2, 0.25) is 15.9 Å². The molecule has 1 aliphatic rings. The van der Waals surface area contributed by atoms with Crippen LogP contribution >= 0.6 is 12.4 Å². The van der Waals surface area contributed by atoms with Crippen molar-refractivity contribution in [2.24, 2.45) is 5.92 Å². The summed E-state index contributed by atoms with van der Waals surface area (Å²) in [7, 11) is -2.67. The summed E-state index contributed by atoms with van der Waals surface area (Å²) in [6.45, 7) is 4.83. The minimum absolute atomic E-state index is 0. The fourth-order valence-corrected chi connectivity index (χ4v) is 4.21. The highest BCUT2D eigenvalue weighted by Crippen LogP contribution is 2.21. The number of halogens is 1. The molecule has 1 fully saturated rings. The zero-order valence-corrected chi connectivity index (χ0v) is 17.7. The number of hydrogen-bond donors (Lipinski definition) is 1. The van der Waals surface area contributed by atoms with Gasteiger partial charge in [0.05, 0.1) is 16.4 Å². The van der Waals surface area contributed by atoms with Gasteiger partial charge >= 0.3 is 0 Å². The number of likely N-dealkylation sites (N-methyl/N-ethyl adjacent to an activating group) is 1. The summed E-state index contributed by atoms with van der Waals surface area (Å²) in [4.78, 5) is 24.2. The lowest BCUT2D eigenvalue weighted by atomic mass is 9.97. The van der Waals surface area contributed by atoms with E-state index in [-0.39, 0.29) is 35.4 Å². The van der Waals surface area contributed by atoms with E-state index in [1.165, 1.54) is 25.2 Å². The largest absolute Gasteiger partial charge is 0.342 e. The molecule has 0 unspecified atom stereocenters. The third-order valence-electron chi connectivity index (χ3n) is 4.74. The van der Waals surface area contributed by atoms with Crippen molar-refractivity contribution in [2.45, 2.75) is 24.7 Å². The molecule has 11 heteroatoms. The topological polar surface area (TPSA) is 113 Å². The maximum Gasteiger partial charge on any atom is 0.270 e. The molecule has 1 heterocycles. The van der Waals surface area contributed by atoms with E-state index in [1.807, 2.05) is 0 Å². The third kappa shape index (κ3) is 6.13. The Labute approximate surface area is 171 Å². The monoisotopic (exact) mass is 434 g/mol. The SMILES string of the molecule is CCNCC1CCN(C(=O)CN(C)S(=O)(=O)c2cccc([N+](=O)[O-])c2)CC1.Cl. The maximum atomic E-state index is 12.6. The molecule has 9 nitrogen and oxygen atoms in total. The molecule has 2 rings (SSSR count). The van der Waals surface area contributed by atoms with E-state index in [0.29, 0.717) is 19.0 Å². The molecule has 0 radical (unpaired) electrons. The second-order valence-electron chi connectivity index (χ2n) is 6.65. The number of benzene rings is 1. The Morgan fingerprint density at radius 3 is 2.57 bits per heavy atom. The highest BCUT2D eigenvalue weighted by Gasteiger charge is 2.28. The molecule has 1 aromatic rings. The van der Waals surface area contributed by atoms with Gasteiger partial charge < -0.3 is 10.2 Å². The van der Waals surface area contributed by atoms with Gasteiger partial charge in [0.1, 0.15) is 0 Å². The van der Waals surface area contributed by atoms with Crippen molar-refractivity contribution in [1.82, 2.24) is 14.5 Å². The van der Waals surface area contributed by atoms with Crippen LogP contribution in [0.1, 0.15) is 19.8 Å². The number of carbonyl (C=O) groups is 1. The van der Waals surface area contributed by atoms with Gasteiger partial charge in [0, 0.05) is 32.3 Å². The van der Waals surface area contributed by atoms with Crippen LogP contribution in [-0.2, 0) is 14.8 Å². The summed E-state index contributed by atoms with van der Waals surface area (Å²) in [6.07, 6.45) is 1.78. The number of nitro groups is 1. The minimum atomic E-state index is -3.98. The average molecular weight is 435 g/mol. The lowest BCUT2D eigenvalue weighted by molar-refractivity contribution is -0.385. The van der Waals surface area contributed by atoms with Crippen LogP contribution in [0, 0.1) is 16.0 Å². The van der Waals surface area contributed by atoms with Gasteiger partial charge in [0.25, 0.3) is 5.69 Å². The van der Waals surface area contributed by atoms with Crippen molar-refractivity contribution >= 4 is 34.0 Å². The Bertz CT molecular complexity index is 782. The predicted molar refractivity (Wildman–Crippen MR) is 108 cm³/mol. The van der Waals surface area contributed by atoms with Gasteiger partial charge in [-0.25, -0.2) is 8.42 Å². The molecule has 0 saturated carbocycles. The molecule has 0 atom stereocenters. The number of rotatable bonds is 8. The molecule has 0 aliphatic carbocycles. The van der Waals surface area contributed by atoms with Crippen LogP contribution in [0.2, 0.25) is 0 Å². The first-order chi connectivity index (χ1) is 12.8. The molecule has 1 aliphatic heterocycles. The van der Waals surface area contributed by atoms with Gasteiger partial charge in [-0.3, -0.25) is 14.9 Å². The maximum absolute atomic E-state index is 12.6. The van der Waals surface area contributed by atoms with Crippen LogP contribution in [0.3, 0.4) is 0 Å². The number of sulfonamides is 1. The van der Waals surface area contributed by atoms with Gasteiger partial charge in [0.15, 0.2) is 0 Å². The molecule has 0 aromatic heterocycles. The second kappa shape index (κ2) is 10.7. The van der Waals surface area contributed by atoms with Crippen LogP contribution < -0.4 is 5.32 Å². The van der Waals surface area contributed by atoms with Gasteiger partial charge in [-0.15, -0.1) is 12.4 Å². The number of hydrogen-bond acceptors (Lipinski definition) is 6. The quantitative estimate of drug-likeness (QED) is 0.489. The number of likely N-dealkylation sites (tertiary alicyclic amines) is 1. The summed E-state index contributed by atoms with van der Waals surface area (Å²) < 4.78 is 26.2. The Morgan fingerprint density at radius 2 is 2.00 bits per heavy atom. The van der Waals surface area contributed by atoms with Gasteiger partial charge in [-0.05, 0) is 37.9 Å². The number of piperidine rings is 1. The van der Waals surface area contributed by atoms with Crippen LogP contribution in [0.15, 0.2) is 29.2 Å². The number of nitrogens with zero attached hydrogens (tertiary/aromatic N) is 3. The van der Waals surface area contributed by atoms with E-state index in [2.05, 4.69) is 12.2 Å². The number of non-ortho nitro benzene ring substituents is 1. The fraction of sp³-hybridized carbons (Fsp3) is 0.588. The predicted octanol–water partition coefficient (Wildman–Crippen LogP) is 1.49. The average Bonchev–Trinajstić information content (AvgIpc) is 2.66. The van der Waals surface area contributed by atoms with Crippen LogP contribution in [0.25, 0.3) is 0 Å². The van der Waals surface area contributed by atoms with Crippen molar-refractivity contribution in [3.8, 4) is 0 Å². The molecule has 1 N–H and O–H groups in total. The van der Waals surface area contributed by atoms with E-state index in [1.54, 1.807) is 4.90 Å². The lowest BCUT2D eigenvalue weighted by Crippen LogP contribution is -2.45. The van der Waals surface area contributed by atoms with Crippen molar-refractivity contribution in [1.29, 1.82) is 0 Å². The lowest BCUT2D eigenvalue weighted by Gasteiger charge is -2.33. The van der Waals surface area contributed by atoms with Gasteiger partial charge in [-0.1, -0.05) is 13.0 Å². The van der Waals surface area contributed by atoms with E-state index in [9.17, 15) is 23.3 Å². The van der Waals surface area contributed by atoms with E-state index >= 15 is 0 Å². The van der Waals surface area contributed by atoms with Crippen LogP contribution in [0.5, 0.6) is 0 Å². The third-order valence-corrected chi connectivity index (χ3v) is 6.54. The second-order valence-corrected chi connectivity index (χ2v) is 8.69. The molecule has 1 saturated heterocycles. The van der Waals surface area contributed by atoms with Crippen molar-refractivity contribution in [3.05, 3.63) is 34.4 Å². The summed E-state index contributed by atoms with van der Waals surface area (Å²) in [5, 5.41) is 14.2. The molecule has 0 bridgehead atoms. The number of nitro benzene ring substituents is 1. The number of amides is 1. The summed E-state index contributed by atoms with van der Waals surface area (Å²) in [6, 6.07) is 4.83. The van der Waals surface area contributed by atoms with Crippen molar-refractivity contribution in [3.63, 3.8) is 0 Å². The van der Waals surface area contributed by atoms with Crippen molar-refractivity contribution < 1.29 is 18.1 Å². The van der Waals surface area contributed by atoms with Crippen molar-refractivity contribution in [2.75, 3.05) is 39.8 Å². The highest BCUT2D eigenvalue weighted by atomic mass is 35.5. The smallest absolute Gasteiger partial charge is 0.270 e. The Hall–Kier alpha value is -1.75. The highest BCUT2D eigenvalue weighted by molar-refractivity contribution is 7.89. The standard InChI is InChI=1S/C17H26N4O5S.ClH/c1-3-18-12-14-7-9-20(10-8-14)17(22)13-19(2)27(25,26)16-6-4-5-15(11-16)21(23)24;/h4-6,11,14,18H,3,7-10,12-13H2,1-2H3;1H. The molecule has 28 heavy (non-hydrogen) atoms. The van der Waals surface area contributed by atoms with E-state index in [4.69, 9.17) is 0 Å². The first-order valence-electron chi connectivity index (χ1n) is 8.95. The molecule has 1 aromatic carbocycles. The first kappa shape index (κ1) is 24.3. The van der Waals surface area contributed by atoms with Crippen LogP contribution in [-0.4, -0.2) is 68.2 Å². The normalized spacial score (nSPS) is 15.3. The summed E-state index contributed by atoms with van der Waals surface area (Å²) in [5.41, 5.74) is -0.307. The molecule has 0 spiro atoms. The Balaban J connectivity index is 0.00000392. The Kier molecular flexibility index (Phi) is 9.28. The molecular formula is C17H27ClN4O5S. The zero-order chi connectivity index (χ0) is 20.0. The molecule has 1 amide bonds. The number of carbonyl (C=O) groups excluding carboxylic acids is 1. The fourth-order valence-electron chi connectivity index (χ4n) is 3.05.